The van der Waals surface area contributed by atoms with Crippen LogP contribution in [0, 0.1) is 5.41 Å². The lowest BCUT2D eigenvalue weighted by Crippen LogP contribution is -2.52. The van der Waals surface area contributed by atoms with Crippen LogP contribution in [0.25, 0.3) is 0 Å². The van der Waals surface area contributed by atoms with E-state index in [4.69, 9.17) is 16.3 Å². The molecule has 1 unspecified atom stereocenters. The molecule has 1 aliphatic carbocycles. The van der Waals surface area contributed by atoms with E-state index in [1.807, 2.05) is 65.6 Å². The number of hydrogen-bond donors (Lipinski definition) is 1. The number of ketones is 1. The summed E-state index contributed by atoms with van der Waals surface area (Å²) in [6, 6.07) is 23.3. The fourth-order valence-corrected chi connectivity index (χ4v) is 6.60. The molecule has 1 saturated heterocycles. The summed E-state index contributed by atoms with van der Waals surface area (Å²) in [5, 5.41) is 4.26. The van der Waals surface area contributed by atoms with E-state index in [0.29, 0.717) is 24.5 Å². The monoisotopic (exact) mass is 584 g/mol. The summed E-state index contributed by atoms with van der Waals surface area (Å²) in [5.41, 5.74) is 5.40. The van der Waals surface area contributed by atoms with Crippen LogP contribution in [0.15, 0.2) is 84.1 Å². The molecule has 0 bridgehead atoms. The number of nitrogens with zero attached hydrogens (tertiary/aromatic N) is 3. The van der Waals surface area contributed by atoms with Crippen LogP contribution in [0.2, 0.25) is 5.02 Å². The maximum absolute atomic E-state index is 14.0. The Morgan fingerprint density at radius 1 is 0.952 bits per heavy atom. The number of piperazine rings is 1. The van der Waals surface area contributed by atoms with Gasteiger partial charge in [0.05, 0.1) is 31.1 Å². The molecule has 3 aliphatic rings. The van der Waals surface area contributed by atoms with E-state index in [1.54, 1.807) is 7.11 Å². The highest BCUT2D eigenvalue weighted by atomic mass is 35.5. The fourth-order valence-electron chi connectivity index (χ4n) is 6.47. The van der Waals surface area contributed by atoms with Crippen molar-refractivity contribution in [3.63, 3.8) is 0 Å². The second-order valence-electron chi connectivity index (χ2n) is 12.1. The van der Waals surface area contributed by atoms with Gasteiger partial charge in [-0.25, -0.2) is 0 Å². The zero-order valence-electron chi connectivity index (χ0n) is 24.4. The van der Waals surface area contributed by atoms with E-state index in [9.17, 15) is 9.59 Å². The van der Waals surface area contributed by atoms with Gasteiger partial charge in [0.1, 0.15) is 5.75 Å². The minimum absolute atomic E-state index is 0.0470. The smallest absolute Gasteiger partial charge is 0.242 e. The van der Waals surface area contributed by atoms with E-state index in [0.717, 1.165) is 59.2 Å². The van der Waals surface area contributed by atoms with Crippen molar-refractivity contribution in [2.75, 3.05) is 55.0 Å². The van der Waals surface area contributed by atoms with E-state index in [2.05, 4.69) is 41.1 Å². The minimum Gasteiger partial charge on any atom is -0.497 e. The minimum atomic E-state index is -0.415. The highest BCUT2D eigenvalue weighted by molar-refractivity contribution is 6.30. The quantitative estimate of drug-likeness (QED) is 0.379. The van der Waals surface area contributed by atoms with Gasteiger partial charge in [0.15, 0.2) is 5.78 Å². The molecule has 1 N–H and O–H groups in total. The Labute approximate surface area is 252 Å². The maximum Gasteiger partial charge on any atom is 0.242 e. The van der Waals surface area contributed by atoms with Gasteiger partial charge in [0.25, 0.3) is 0 Å². The van der Waals surface area contributed by atoms with Crippen LogP contribution in [-0.2, 0) is 9.59 Å². The van der Waals surface area contributed by atoms with Gasteiger partial charge in [0, 0.05) is 54.6 Å². The zero-order chi connectivity index (χ0) is 29.4. The van der Waals surface area contributed by atoms with Gasteiger partial charge in [-0.15, -0.1) is 0 Å². The van der Waals surface area contributed by atoms with Crippen LogP contribution >= 0.6 is 11.6 Å². The van der Waals surface area contributed by atoms with Crippen LogP contribution in [-0.4, -0.2) is 56.4 Å². The molecule has 8 heteroatoms. The van der Waals surface area contributed by atoms with Gasteiger partial charge < -0.3 is 24.8 Å². The number of Topliss-reactive ketones (excluding diaryl/α,β-unsaturated/α-hetero) is 1. The molecule has 1 atom stereocenters. The van der Waals surface area contributed by atoms with Crippen molar-refractivity contribution in [3.8, 4) is 5.75 Å². The van der Waals surface area contributed by atoms with Crippen molar-refractivity contribution >= 4 is 40.4 Å². The Hall–Kier alpha value is -3.97. The summed E-state index contributed by atoms with van der Waals surface area (Å²) >= 11 is 6.28. The van der Waals surface area contributed by atoms with E-state index >= 15 is 0 Å². The SMILES string of the molecule is COc1ccc(N2CCN(C(=O)CN3c4ccccc4NC4=C(C(=O)CC(C)(C)C4)C3c3ccc(Cl)cc3)CC2)cc1. The van der Waals surface area contributed by atoms with Crippen LogP contribution in [0.1, 0.15) is 38.3 Å². The molecule has 0 aromatic heterocycles. The molecular weight excluding hydrogens is 548 g/mol. The molecule has 3 aromatic carbocycles. The Bertz CT molecular complexity index is 1510. The molecular formula is C34H37ClN4O3. The lowest BCUT2D eigenvalue weighted by molar-refractivity contribution is -0.130. The van der Waals surface area contributed by atoms with E-state index in [-0.39, 0.29) is 23.7 Å². The fraction of sp³-hybridized carbons (Fsp3) is 0.353. The van der Waals surface area contributed by atoms with E-state index in [1.165, 1.54) is 0 Å². The third-order valence-electron chi connectivity index (χ3n) is 8.57. The number of hydrogen-bond acceptors (Lipinski definition) is 6. The highest BCUT2D eigenvalue weighted by Crippen LogP contribution is 2.48. The van der Waals surface area contributed by atoms with Crippen molar-refractivity contribution in [1.82, 2.24) is 4.90 Å². The number of fused-ring (bicyclic) bond motifs is 1. The Morgan fingerprint density at radius 3 is 2.33 bits per heavy atom. The van der Waals surface area contributed by atoms with Gasteiger partial charge in [-0.3, -0.25) is 9.59 Å². The average Bonchev–Trinajstić information content (AvgIpc) is 3.11. The predicted octanol–water partition coefficient (Wildman–Crippen LogP) is 6.31. The first-order valence-electron chi connectivity index (χ1n) is 14.5. The molecule has 7 nitrogen and oxygen atoms in total. The third-order valence-corrected chi connectivity index (χ3v) is 8.82. The van der Waals surface area contributed by atoms with Gasteiger partial charge >= 0.3 is 0 Å². The Kier molecular flexibility index (Phi) is 7.62. The summed E-state index contributed by atoms with van der Waals surface area (Å²) in [5.74, 6) is 0.992. The van der Waals surface area contributed by atoms with Crippen molar-refractivity contribution in [2.24, 2.45) is 5.41 Å². The van der Waals surface area contributed by atoms with Crippen LogP contribution < -0.4 is 19.9 Å². The number of allylic oxidation sites excluding steroid dienone is 1. The zero-order valence-corrected chi connectivity index (χ0v) is 25.2. The maximum atomic E-state index is 14.0. The lowest BCUT2D eigenvalue weighted by atomic mass is 9.73. The second-order valence-corrected chi connectivity index (χ2v) is 12.6. The molecule has 6 rings (SSSR count). The normalized spacial score (nSPS) is 20.0. The van der Waals surface area contributed by atoms with Crippen molar-refractivity contribution in [1.29, 1.82) is 0 Å². The first-order chi connectivity index (χ1) is 20.2. The van der Waals surface area contributed by atoms with Gasteiger partial charge in [-0.1, -0.05) is 49.7 Å². The topological polar surface area (TPSA) is 65.1 Å². The summed E-state index contributed by atoms with van der Waals surface area (Å²) < 4.78 is 5.30. The number of halogens is 1. The lowest BCUT2D eigenvalue weighted by Gasteiger charge is -2.40. The Morgan fingerprint density at radius 2 is 1.64 bits per heavy atom. The number of para-hydroxylation sites is 2. The number of ether oxygens (including phenoxy) is 1. The van der Waals surface area contributed by atoms with Crippen LogP contribution in [0.3, 0.4) is 0 Å². The number of rotatable bonds is 5. The van der Waals surface area contributed by atoms with Crippen LogP contribution in [0.4, 0.5) is 17.1 Å². The molecule has 0 radical (unpaired) electrons. The number of carbonyl (C=O) groups excluding carboxylic acids is 2. The standard InChI is InChI=1S/C34H37ClN4O3/c1-34(2)20-28-32(30(40)21-34)33(23-8-10-24(35)11-9-23)39(29-7-5-4-6-27(29)36-28)22-31(41)38-18-16-37(17-19-38)25-12-14-26(42-3)15-13-25/h4-15,33,36H,16-22H2,1-3H3. The van der Waals surface area contributed by atoms with Gasteiger partial charge in [-0.05, 0) is 65.9 Å². The molecule has 2 aliphatic heterocycles. The molecule has 218 valence electrons. The van der Waals surface area contributed by atoms with Gasteiger partial charge in [0.2, 0.25) is 5.91 Å². The van der Waals surface area contributed by atoms with Crippen molar-refractivity contribution in [3.05, 3.63) is 94.7 Å². The molecule has 0 spiro atoms. The summed E-state index contributed by atoms with van der Waals surface area (Å²) in [6.07, 6.45) is 1.21. The van der Waals surface area contributed by atoms with E-state index < -0.39 is 6.04 Å². The van der Waals surface area contributed by atoms with Crippen LogP contribution in [0.5, 0.6) is 5.75 Å². The Balaban J connectivity index is 1.32. The molecule has 1 fully saturated rings. The van der Waals surface area contributed by atoms with Crippen molar-refractivity contribution < 1.29 is 14.3 Å². The second kappa shape index (κ2) is 11.4. The number of methoxy groups -OCH3 is 1. The number of amides is 1. The van der Waals surface area contributed by atoms with Gasteiger partial charge in [-0.2, -0.15) is 0 Å². The molecule has 3 aromatic rings. The molecule has 42 heavy (non-hydrogen) atoms. The summed E-state index contributed by atoms with van der Waals surface area (Å²) in [7, 11) is 1.66. The summed E-state index contributed by atoms with van der Waals surface area (Å²) in [6.45, 7) is 7.19. The summed E-state index contributed by atoms with van der Waals surface area (Å²) in [4.78, 5) is 34.2. The predicted molar refractivity (Wildman–Crippen MR) is 168 cm³/mol. The first-order valence-corrected chi connectivity index (χ1v) is 14.9. The first kappa shape index (κ1) is 28.2. The largest absolute Gasteiger partial charge is 0.497 e. The average molecular weight is 585 g/mol. The van der Waals surface area contributed by atoms with Crippen molar-refractivity contribution in [2.45, 2.75) is 32.7 Å². The molecule has 1 amide bonds. The number of anilines is 3. The molecule has 2 heterocycles. The highest BCUT2D eigenvalue weighted by Gasteiger charge is 2.42. The number of carbonyl (C=O) groups is 2. The number of nitrogens with one attached hydrogen (secondary N) is 1. The number of benzene rings is 3. The third kappa shape index (κ3) is 5.58. The molecule has 0 saturated carbocycles.